The molecule has 5 rings (SSSR count). The number of hydrogen-bond acceptors (Lipinski definition) is 6. The second-order valence-electron chi connectivity index (χ2n) is 9.01. The van der Waals surface area contributed by atoms with Gasteiger partial charge in [-0.3, -0.25) is 14.3 Å². The van der Waals surface area contributed by atoms with Crippen LogP contribution in [0.1, 0.15) is 52.4 Å². The van der Waals surface area contributed by atoms with Gasteiger partial charge in [0.2, 0.25) is 0 Å². The predicted octanol–water partition coefficient (Wildman–Crippen LogP) is 1.64. The van der Waals surface area contributed by atoms with Crippen molar-refractivity contribution >= 4 is 17.5 Å². The Balaban J connectivity index is 1.45. The summed E-state index contributed by atoms with van der Waals surface area (Å²) in [6, 6.07) is 1.77. The Kier molecular flexibility index (Phi) is 5.84. The zero-order chi connectivity index (χ0) is 22.9. The summed E-state index contributed by atoms with van der Waals surface area (Å²) in [5.41, 5.74) is 3.39. The molecule has 1 saturated heterocycles. The van der Waals surface area contributed by atoms with E-state index in [4.69, 9.17) is 9.84 Å². The third-order valence-electron chi connectivity index (χ3n) is 6.35. The van der Waals surface area contributed by atoms with E-state index in [-0.39, 0.29) is 11.8 Å². The standard InChI is InChI=1S/C23H29N7O3/c1-16(2)4-9-29-19-5-8-28(22(31)17-14-25-30-7-3-6-24-21(17)30)15-18(19)20(26-29)23(32)27-10-12-33-13-11-27/h3,6-7,14,16H,4-5,8-13,15H2,1-2H3. The molecule has 10 nitrogen and oxygen atoms in total. The number of nitrogens with zero attached hydrogens (tertiary/aromatic N) is 7. The summed E-state index contributed by atoms with van der Waals surface area (Å²) in [7, 11) is 0. The van der Waals surface area contributed by atoms with Crippen molar-refractivity contribution in [2.24, 2.45) is 5.92 Å². The monoisotopic (exact) mass is 451 g/mol. The minimum atomic E-state index is -0.131. The Morgan fingerprint density at radius 2 is 1.94 bits per heavy atom. The molecule has 0 bridgehead atoms. The topological polar surface area (TPSA) is 97.9 Å². The lowest BCUT2D eigenvalue weighted by Gasteiger charge is -2.29. The summed E-state index contributed by atoms with van der Waals surface area (Å²) in [4.78, 5) is 34.6. The first-order chi connectivity index (χ1) is 16.0. The number of carbonyl (C=O) groups excluding carboxylic acids is 2. The summed E-state index contributed by atoms with van der Waals surface area (Å²) in [6.07, 6.45) is 6.63. The van der Waals surface area contributed by atoms with Crippen molar-refractivity contribution in [1.29, 1.82) is 0 Å². The molecule has 0 N–H and O–H groups in total. The van der Waals surface area contributed by atoms with E-state index >= 15 is 0 Å². The first kappa shape index (κ1) is 21.6. The number of carbonyl (C=O) groups is 2. The van der Waals surface area contributed by atoms with Crippen LogP contribution >= 0.6 is 0 Å². The van der Waals surface area contributed by atoms with Gasteiger partial charge in [-0.2, -0.15) is 10.2 Å². The van der Waals surface area contributed by atoms with Gasteiger partial charge in [0.25, 0.3) is 11.8 Å². The Hall–Kier alpha value is -3.27. The summed E-state index contributed by atoms with van der Waals surface area (Å²) in [5.74, 6) is 0.326. The Morgan fingerprint density at radius 3 is 2.73 bits per heavy atom. The second kappa shape index (κ2) is 8.93. The Bertz CT molecular complexity index is 1180. The molecular formula is C23H29N7O3. The lowest BCUT2D eigenvalue weighted by Crippen LogP contribution is -2.42. The molecule has 10 heteroatoms. The number of rotatable bonds is 5. The summed E-state index contributed by atoms with van der Waals surface area (Å²) >= 11 is 0. The molecular weight excluding hydrogens is 422 g/mol. The Labute approximate surface area is 192 Å². The lowest BCUT2D eigenvalue weighted by atomic mass is 10.0. The maximum atomic E-state index is 13.4. The van der Waals surface area contributed by atoms with Gasteiger partial charge in [0.05, 0.1) is 26.0 Å². The average Bonchev–Trinajstić information content (AvgIpc) is 3.44. The number of ether oxygens (including phenoxy) is 1. The molecule has 5 heterocycles. The van der Waals surface area contributed by atoms with E-state index in [1.807, 2.05) is 4.68 Å². The van der Waals surface area contributed by atoms with Crippen LogP contribution in [0.4, 0.5) is 0 Å². The van der Waals surface area contributed by atoms with Crippen molar-refractivity contribution in [3.63, 3.8) is 0 Å². The maximum Gasteiger partial charge on any atom is 0.274 e. The molecule has 2 aliphatic heterocycles. The van der Waals surface area contributed by atoms with Crippen LogP contribution in [0.25, 0.3) is 5.65 Å². The van der Waals surface area contributed by atoms with Crippen LogP contribution < -0.4 is 0 Å². The second-order valence-corrected chi connectivity index (χ2v) is 9.01. The Morgan fingerprint density at radius 1 is 1.12 bits per heavy atom. The van der Waals surface area contributed by atoms with Crippen LogP contribution in [-0.2, 0) is 24.2 Å². The van der Waals surface area contributed by atoms with Gasteiger partial charge in [0.15, 0.2) is 11.3 Å². The molecule has 2 aliphatic rings. The minimum Gasteiger partial charge on any atom is -0.378 e. The smallest absolute Gasteiger partial charge is 0.274 e. The van der Waals surface area contributed by atoms with E-state index in [0.29, 0.717) is 68.6 Å². The van der Waals surface area contributed by atoms with Gasteiger partial charge < -0.3 is 14.5 Å². The van der Waals surface area contributed by atoms with Crippen LogP contribution in [0.3, 0.4) is 0 Å². The molecule has 33 heavy (non-hydrogen) atoms. The van der Waals surface area contributed by atoms with Gasteiger partial charge in [0, 0.05) is 56.3 Å². The molecule has 174 valence electrons. The van der Waals surface area contributed by atoms with Crippen molar-refractivity contribution in [2.45, 2.75) is 39.8 Å². The molecule has 3 aromatic heterocycles. The summed E-state index contributed by atoms with van der Waals surface area (Å²) < 4.78 is 8.99. The maximum absolute atomic E-state index is 13.4. The van der Waals surface area contributed by atoms with E-state index in [0.717, 1.165) is 24.2 Å². The molecule has 0 atom stereocenters. The fourth-order valence-corrected chi connectivity index (χ4v) is 4.47. The molecule has 0 saturated carbocycles. The highest BCUT2D eigenvalue weighted by atomic mass is 16.5. The van der Waals surface area contributed by atoms with Gasteiger partial charge in [-0.25, -0.2) is 9.50 Å². The molecule has 0 aromatic carbocycles. The van der Waals surface area contributed by atoms with E-state index < -0.39 is 0 Å². The molecule has 0 aliphatic carbocycles. The van der Waals surface area contributed by atoms with Crippen LogP contribution in [0.2, 0.25) is 0 Å². The zero-order valence-electron chi connectivity index (χ0n) is 19.1. The molecule has 3 aromatic rings. The average molecular weight is 452 g/mol. The quantitative estimate of drug-likeness (QED) is 0.585. The van der Waals surface area contributed by atoms with Gasteiger partial charge in [-0.15, -0.1) is 0 Å². The number of fused-ring (bicyclic) bond motifs is 2. The van der Waals surface area contributed by atoms with Crippen LogP contribution in [0.15, 0.2) is 24.7 Å². The number of amides is 2. The van der Waals surface area contributed by atoms with Gasteiger partial charge in [-0.1, -0.05) is 13.8 Å². The summed E-state index contributed by atoms with van der Waals surface area (Å²) in [6.45, 7) is 8.23. The normalized spacial score (nSPS) is 16.5. The number of aryl methyl sites for hydroxylation is 1. The third kappa shape index (κ3) is 4.10. The zero-order valence-corrected chi connectivity index (χ0v) is 19.1. The van der Waals surface area contributed by atoms with Crippen molar-refractivity contribution in [1.82, 2.24) is 34.2 Å². The van der Waals surface area contributed by atoms with E-state index in [2.05, 4.69) is 23.9 Å². The lowest BCUT2D eigenvalue weighted by molar-refractivity contribution is 0.0296. The van der Waals surface area contributed by atoms with E-state index in [9.17, 15) is 9.59 Å². The number of morpholine rings is 1. The van der Waals surface area contributed by atoms with Crippen molar-refractivity contribution in [2.75, 3.05) is 32.8 Å². The first-order valence-electron chi connectivity index (χ1n) is 11.6. The number of hydrogen-bond donors (Lipinski definition) is 0. The van der Waals surface area contributed by atoms with Crippen molar-refractivity contribution < 1.29 is 14.3 Å². The molecule has 0 unspecified atom stereocenters. The molecule has 0 spiro atoms. The fourth-order valence-electron chi connectivity index (χ4n) is 4.47. The number of aromatic nitrogens is 5. The van der Waals surface area contributed by atoms with Crippen LogP contribution in [0, 0.1) is 5.92 Å². The molecule has 0 radical (unpaired) electrons. The third-order valence-corrected chi connectivity index (χ3v) is 6.35. The van der Waals surface area contributed by atoms with Crippen molar-refractivity contribution in [3.8, 4) is 0 Å². The van der Waals surface area contributed by atoms with Crippen LogP contribution in [-0.4, -0.2) is 78.8 Å². The van der Waals surface area contributed by atoms with E-state index in [1.54, 1.807) is 39.0 Å². The van der Waals surface area contributed by atoms with Gasteiger partial charge in [-0.05, 0) is 18.4 Å². The molecule has 2 amide bonds. The highest BCUT2D eigenvalue weighted by molar-refractivity contribution is 6.00. The SMILES string of the molecule is CC(C)CCn1nc(C(=O)N2CCOCC2)c2c1CCN(C(=O)c1cnn3cccnc13)C2. The minimum absolute atomic E-state index is 0.0789. The largest absolute Gasteiger partial charge is 0.378 e. The predicted molar refractivity (Wildman–Crippen MR) is 120 cm³/mol. The highest BCUT2D eigenvalue weighted by Crippen LogP contribution is 2.26. The fraction of sp³-hybridized carbons (Fsp3) is 0.522. The highest BCUT2D eigenvalue weighted by Gasteiger charge is 2.33. The van der Waals surface area contributed by atoms with E-state index in [1.165, 1.54) is 0 Å². The van der Waals surface area contributed by atoms with Gasteiger partial charge >= 0.3 is 0 Å². The molecule has 1 fully saturated rings. The first-order valence-corrected chi connectivity index (χ1v) is 11.6. The summed E-state index contributed by atoms with van der Waals surface area (Å²) in [5, 5.41) is 9.01. The van der Waals surface area contributed by atoms with Crippen molar-refractivity contribution in [3.05, 3.63) is 47.2 Å². The van der Waals surface area contributed by atoms with Gasteiger partial charge in [0.1, 0.15) is 5.56 Å². The van der Waals surface area contributed by atoms with Crippen LogP contribution in [0.5, 0.6) is 0 Å².